The first-order chi connectivity index (χ1) is 27.3. The third-order valence-electron chi connectivity index (χ3n) is 10.7. The van der Waals surface area contributed by atoms with E-state index in [1.54, 1.807) is 0 Å². The molecule has 0 spiro atoms. The topological polar surface area (TPSA) is 56.7 Å². The van der Waals surface area contributed by atoms with Crippen LogP contribution in [0.4, 0.5) is 0 Å². The van der Waals surface area contributed by atoms with Crippen LogP contribution < -0.4 is 0 Å². The number of aromatic nitrogens is 4. The summed E-state index contributed by atoms with van der Waals surface area (Å²) >= 11 is 0. The monoisotopic (exact) mass is 704 g/mol. The third-order valence-corrected chi connectivity index (χ3v) is 10.7. The van der Waals surface area contributed by atoms with Crippen molar-refractivity contribution in [2.45, 2.75) is 6.42 Å². The minimum atomic E-state index is 0.589. The number of furan rings is 1. The molecule has 0 bridgehead atoms. The molecule has 1 aliphatic carbocycles. The van der Waals surface area contributed by atoms with Gasteiger partial charge < -0.3 is 8.98 Å². The molecule has 0 unspecified atom stereocenters. The molecule has 5 heteroatoms. The first kappa shape index (κ1) is 31.2. The SMILES string of the molecule is C1=CC(c2cccc(-c3nc(-c4cccc(-c5ccccc5)c4)nc(-c4cccc5oc6c(-n7c8ccccc8c8ccccc87)cccc6c45)n3)c2)=CC1. The van der Waals surface area contributed by atoms with Crippen molar-refractivity contribution in [3.05, 3.63) is 188 Å². The number of hydrogen-bond donors (Lipinski definition) is 0. The molecule has 55 heavy (non-hydrogen) atoms. The number of hydrogen-bond acceptors (Lipinski definition) is 4. The highest BCUT2D eigenvalue weighted by atomic mass is 16.3. The molecule has 0 saturated carbocycles. The molecule has 0 atom stereocenters. The Bertz CT molecular complexity index is 3130. The van der Waals surface area contributed by atoms with Crippen LogP contribution in [-0.2, 0) is 0 Å². The van der Waals surface area contributed by atoms with Crippen molar-refractivity contribution >= 4 is 49.3 Å². The molecular formula is C50H32N4O. The molecule has 5 nitrogen and oxygen atoms in total. The fraction of sp³-hybridized carbons (Fsp3) is 0.0200. The Morgan fingerprint density at radius 2 is 1.05 bits per heavy atom. The van der Waals surface area contributed by atoms with Crippen LogP contribution in [0.25, 0.3) is 100 Å². The van der Waals surface area contributed by atoms with Crippen molar-refractivity contribution in [2.24, 2.45) is 0 Å². The smallest absolute Gasteiger partial charge is 0.164 e. The van der Waals surface area contributed by atoms with Crippen molar-refractivity contribution in [2.75, 3.05) is 0 Å². The lowest BCUT2D eigenvalue weighted by molar-refractivity contribution is 0.666. The summed E-state index contributed by atoms with van der Waals surface area (Å²) in [6, 6.07) is 57.0. The minimum Gasteiger partial charge on any atom is -0.454 e. The summed E-state index contributed by atoms with van der Waals surface area (Å²) in [4.78, 5) is 15.6. The van der Waals surface area contributed by atoms with E-state index < -0.39 is 0 Å². The molecule has 3 aromatic heterocycles. The van der Waals surface area contributed by atoms with Gasteiger partial charge in [-0.3, -0.25) is 0 Å². The Morgan fingerprint density at radius 3 is 1.78 bits per heavy atom. The van der Waals surface area contributed by atoms with Gasteiger partial charge in [0.1, 0.15) is 5.58 Å². The second kappa shape index (κ2) is 12.6. The average Bonchev–Trinajstić information content (AvgIpc) is 4.01. The Kier molecular flexibility index (Phi) is 7.17. The van der Waals surface area contributed by atoms with Gasteiger partial charge in [0, 0.05) is 38.2 Å². The normalized spacial score (nSPS) is 12.7. The van der Waals surface area contributed by atoms with E-state index in [9.17, 15) is 0 Å². The fourth-order valence-corrected chi connectivity index (χ4v) is 8.11. The highest BCUT2D eigenvalue weighted by Crippen LogP contribution is 2.41. The molecule has 258 valence electrons. The average molecular weight is 705 g/mol. The lowest BCUT2D eigenvalue weighted by atomic mass is 10.0. The van der Waals surface area contributed by atoms with Gasteiger partial charge in [0.05, 0.1) is 16.7 Å². The van der Waals surface area contributed by atoms with E-state index in [1.165, 1.54) is 16.3 Å². The summed E-state index contributed by atoms with van der Waals surface area (Å²) in [7, 11) is 0. The summed E-state index contributed by atoms with van der Waals surface area (Å²) < 4.78 is 9.15. The van der Waals surface area contributed by atoms with Crippen molar-refractivity contribution in [3.63, 3.8) is 0 Å². The van der Waals surface area contributed by atoms with E-state index in [-0.39, 0.29) is 0 Å². The van der Waals surface area contributed by atoms with Gasteiger partial charge in [-0.2, -0.15) is 0 Å². The van der Waals surface area contributed by atoms with Gasteiger partial charge >= 0.3 is 0 Å². The molecule has 7 aromatic carbocycles. The summed E-state index contributed by atoms with van der Waals surface area (Å²) in [6.45, 7) is 0. The van der Waals surface area contributed by atoms with Crippen LogP contribution in [0.3, 0.4) is 0 Å². The van der Waals surface area contributed by atoms with E-state index in [4.69, 9.17) is 19.4 Å². The second-order valence-electron chi connectivity index (χ2n) is 13.9. The summed E-state index contributed by atoms with van der Waals surface area (Å²) in [6.07, 6.45) is 7.55. The Labute approximate surface area is 317 Å². The van der Waals surface area contributed by atoms with Crippen molar-refractivity contribution in [1.29, 1.82) is 0 Å². The minimum absolute atomic E-state index is 0.589. The van der Waals surface area contributed by atoms with Gasteiger partial charge in [0.2, 0.25) is 0 Å². The molecule has 3 heterocycles. The number of para-hydroxylation sites is 3. The maximum absolute atomic E-state index is 6.83. The van der Waals surface area contributed by atoms with E-state index in [1.807, 2.05) is 18.2 Å². The number of benzene rings is 7. The predicted octanol–water partition coefficient (Wildman–Crippen LogP) is 12.9. The molecule has 0 radical (unpaired) electrons. The largest absolute Gasteiger partial charge is 0.454 e. The highest BCUT2D eigenvalue weighted by Gasteiger charge is 2.21. The third kappa shape index (κ3) is 5.20. The van der Waals surface area contributed by atoms with E-state index in [0.717, 1.165) is 78.5 Å². The van der Waals surface area contributed by atoms with Crippen LogP contribution >= 0.6 is 0 Å². The summed E-state index contributed by atoms with van der Waals surface area (Å²) in [5.74, 6) is 1.82. The number of fused-ring (bicyclic) bond motifs is 6. The maximum Gasteiger partial charge on any atom is 0.164 e. The van der Waals surface area contributed by atoms with Crippen LogP contribution in [0.5, 0.6) is 0 Å². The molecule has 0 aliphatic heterocycles. The molecule has 0 saturated heterocycles. The molecular weight excluding hydrogens is 673 g/mol. The molecule has 0 fully saturated rings. The molecule has 10 aromatic rings. The number of rotatable bonds is 6. The van der Waals surface area contributed by atoms with Gasteiger partial charge in [-0.05, 0) is 65.1 Å². The first-order valence-electron chi connectivity index (χ1n) is 18.6. The van der Waals surface area contributed by atoms with Crippen LogP contribution in [0.2, 0.25) is 0 Å². The standard InChI is InChI=1S/C50H32N4O/c1-2-14-32(15-3-1)34-18-10-20-36(30-34)48-51-49(37-21-11-19-35(31-37)33-16-4-5-17-33)53-50(52-48)41-25-13-29-45-46(41)40-24-12-28-44(47(40)55-45)54-42-26-8-6-22-38(42)39-23-7-9-27-43(39)54/h1-4,6-31H,5H2. The van der Waals surface area contributed by atoms with Gasteiger partial charge in [-0.25, -0.2) is 15.0 Å². The van der Waals surface area contributed by atoms with Crippen molar-refractivity contribution in [1.82, 2.24) is 19.5 Å². The number of nitrogens with zero attached hydrogens (tertiary/aromatic N) is 4. The van der Waals surface area contributed by atoms with Crippen LogP contribution in [0.15, 0.2) is 186 Å². The predicted molar refractivity (Wildman–Crippen MR) is 225 cm³/mol. The lowest BCUT2D eigenvalue weighted by Crippen LogP contribution is -2.01. The zero-order chi connectivity index (χ0) is 36.3. The highest BCUT2D eigenvalue weighted by molar-refractivity contribution is 6.15. The quantitative estimate of drug-likeness (QED) is 0.173. The second-order valence-corrected chi connectivity index (χ2v) is 13.9. The van der Waals surface area contributed by atoms with Gasteiger partial charge in [-0.15, -0.1) is 0 Å². The van der Waals surface area contributed by atoms with Crippen molar-refractivity contribution < 1.29 is 4.42 Å². The van der Waals surface area contributed by atoms with E-state index >= 15 is 0 Å². The van der Waals surface area contributed by atoms with Gasteiger partial charge in [0.15, 0.2) is 23.1 Å². The fourth-order valence-electron chi connectivity index (χ4n) is 8.11. The first-order valence-corrected chi connectivity index (χ1v) is 18.6. The Morgan fingerprint density at radius 1 is 0.473 bits per heavy atom. The van der Waals surface area contributed by atoms with Crippen molar-refractivity contribution in [3.8, 4) is 51.0 Å². The zero-order valence-electron chi connectivity index (χ0n) is 29.7. The summed E-state index contributed by atoms with van der Waals surface area (Å²) in [5.41, 5.74) is 12.2. The molecule has 0 N–H and O–H groups in total. The van der Waals surface area contributed by atoms with Crippen LogP contribution in [0, 0.1) is 0 Å². The number of allylic oxidation sites excluding steroid dienone is 4. The Hall–Kier alpha value is -7.37. The molecule has 11 rings (SSSR count). The lowest BCUT2D eigenvalue weighted by Gasteiger charge is -2.11. The van der Waals surface area contributed by atoms with Crippen LogP contribution in [-0.4, -0.2) is 19.5 Å². The molecule has 1 aliphatic rings. The van der Waals surface area contributed by atoms with Gasteiger partial charge in [0.25, 0.3) is 0 Å². The summed E-state index contributed by atoms with van der Waals surface area (Å²) in [5, 5.41) is 4.38. The van der Waals surface area contributed by atoms with Crippen LogP contribution in [0.1, 0.15) is 12.0 Å². The Balaban J connectivity index is 1.14. The van der Waals surface area contributed by atoms with E-state index in [2.05, 4.69) is 168 Å². The van der Waals surface area contributed by atoms with Gasteiger partial charge in [-0.1, -0.05) is 146 Å². The zero-order valence-corrected chi connectivity index (χ0v) is 29.7. The van der Waals surface area contributed by atoms with E-state index in [0.29, 0.717) is 17.5 Å². The molecule has 0 amide bonds. The maximum atomic E-state index is 6.83.